The monoisotopic (exact) mass is 300 g/mol. The number of carbonyl (C=O) groups excluding carboxylic acids is 2. The van der Waals surface area contributed by atoms with Gasteiger partial charge in [0.05, 0.1) is 5.92 Å². The van der Waals surface area contributed by atoms with Crippen LogP contribution in [0.15, 0.2) is 18.2 Å². The number of carbonyl (C=O) groups is 2. The molecular formula is C18H24N2O2. The van der Waals surface area contributed by atoms with E-state index in [9.17, 15) is 9.59 Å². The second-order valence-corrected chi connectivity index (χ2v) is 6.67. The van der Waals surface area contributed by atoms with Gasteiger partial charge in [-0.05, 0) is 49.8 Å². The standard InChI is InChI=1S/C18H24N2O2/c1-12-5-3-8-16(13(12)2)20-11-15(9-17(20)21)18(22)19-10-14-6-4-7-14/h3,5,8,14-15H,4,6-7,9-11H2,1-2H3,(H,19,22). The Balaban J connectivity index is 1.64. The number of benzene rings is 1. The summed E-state index contributed by atoms with van der Waals surface area (Å²) in [6.45, 7) is 5.34. The Hall–Kier alpha value is -1.84. The number of hydrogen-bond donors (Lipinski definition) is 1. The number of amides is 2. The van der Waals surface area contributed by atoms with E-state index in [1.165, 1.54) is 24.8 Å². The van der Waals surface area contributed by atoms with Crippen molar-refractivity contribution in [2.75, 3.05) is 18.0 Å². The third-order valence-electron chi connectivity index (χ3n) is 5.15. The fourth-order valence-electron chi connectivity index (χ4n) is 3.23. The van der Waals surface area contributed by atoms with Crippen LogP contribution < -0.4 is 10.2 Å². The third kappa shape index (κ3) is 2.87. The molecule has 0 aromatic heterocycles. The third-order valence-corrected chi connectivity index (χ3v) is 5.15. The lowest BCUT2D eigenvalue weighted by molar-refractivity contribution is -0.126. The molecule has 2 amide bonds. The van der Waals surface area contributed by atoms with E-state index in [2.05, 4.69) is 5.32 Å². The Bertz CT molecular complexity index is 593. The van der Waals surface area contributed by atoms with Crippen LogP contribution in [0.5, 0.6) is 0 Å². The van der Waals surface area contributed by atoms with Crippen molar-refractivity contribution < 1.29 is 9.59 Å². The van der Waals surface area contributed by atoms with Crippen molar-refractivity contribution in [3.63, 3.8) is 0 Å². The van der Waals surface area contributed by atoms with Crippen molar-refractivity contribution in [2.45, 2.75) is 39.5 Å². The van der Waals surface area contributed by atoms with Crippen LogP contribution in [0.3, 0.4) is 0 Å². The molecule has 22 heavy (non-hydrogen) atoms. The normalized spacial score (nSPS) is 21.8. The predicted molar refractivity (Wildman–Crippen MR) is 86.7 cm³/mol. The van der Waals surface area contributed by atoms with E-state index < -0.39 is 0 Å². The highest BCUT2D eigenvalue weighted by Gasteiger charge is 2.36. The zero-order valence-corrected chi connectivity index (χ0v) is 13.4. The molecule has 1 aliphatic heterocycles. The van der Waals surface area contributed by atoms with E-state index in [0.717, 1.165) is 17.8 Å². The Morgan fingerprint density at radius 3 is 2.77 bits per heavy atom. The molecule has 1 atom stereocenters. The van der Waals surface area contributed by atoms with Gasteiger partial charge < -0.3 is 10.2 Å². The van der Waals surface area contributed by atoms with Gasteiger partial charge in [-0.15, -0.1) is 0 Å². The maximum absolute atomic E-state index is 12.3. The molecule has 1 aliphatic carbocycles. The maximum Gasteiger partial charge on any atom is 0.227 e. The highest BCUT2D eigenvalue weighted by Crippen LogP contribution is 2.30. The lowest BCUT2D eigenvalue weighted by Gasteiger charge is -2.26. The van der Waals surface area contributed by atoms with Crippen LogP contribution in [-0.4, -0.2) is 24.9 Å². The molecule has 1 heterocycles. The van der Waals surface area contributed by atoms with Crippen LogP contribution in [0.1, 0.15) is 36.8 Å². The SMILES string of the molecule is Cc1cccc(N2CC(C(=O)NCC3CCC3)CC2=O)c1C. The summed E-state index contributed by atoms with van der Waals surface area (Å²) in [6.07, 6.45) is 4.05. The van der Waals surface area contributed by atoms with Crippen molar-refractivity contribution in [3.05, 3.63) is 29.3 Å². The van der Waals surface area contributed by atoms with Gasteiger partial charge in [0, 0.05) is 25.2 Å². The number of rotatable bonds is 4. The van der Waals surface area contributed by atoms with Gasteiger partial charge in [-0.2, -0.15) is 0 Å². The van der Waals surface area contributed by atoms with Gasteiger partial charge in [-0.25, -0.2) is 0 Å². The fourth-order valence-corrected chi connectivity index (χ4v) is 3.23. The quantitative estimate of drug-likeness (QED) is 0.929. The summed E-state index contributed by atoms with van der Waals surface area (Å²) >= 11 is 0. The highest BCUT2D eigenvalue weighted by atomic mass is 16.2. The average Bonchev–Trinajstić information content (AvgIpc) is 2.82. The molecule has 1 aromatic rings. The highest BCUT2D eigenvalue weighted by molar-refractivity contribution is 6.00. The molecule has 118 valence electrons. The summed E-state index contributed by atoms with van der Waals surface area (Å²) in [5, 5.41) is 3.03. The molecule has 1 saturated heterocycles. The fraction of sp³-hybridized carbons (Fsp3) is 0.556. The number of nitrogens with one attached hydrogen (secondary N) is 1. The second-order valence-electron chi connectivity index (χ2n) is 6.67. The van der Waals surface area contributed by atoms with Crippen molar-refractivity contribution in [2.24, 2.45) is 11.8 Å². The number of nitrogens with zero attached hydrogens (tertiary/aromatic N) is 1. The topological polar surface area (TPSA) is 49.4 Å². The second kappa shape index (κ2) is 6.11. The largest absolute Gasteiger partial charge is 0.356 e. The molecule has 4 heteroatoms. The van der Waals surface area contributed by atoms with Gasteiger partial charge in [0.1, 0.15) is 0 Å². The Kier molecular flexibility index (Phi) is 4.19. The maximum atomic E-state index is 12.3. The van der Waals surface area contributed by atoms with Crippen molar-refractivity contribution >= 4 is 17.5 Å². The van der Waals surface area contributed by atoms with Crippen LogP contribution >= 0.6 is 0 Å². The summed E-state index contributed by atoms with van der Waals surface area (Å²) in [4.78, 5) is 26.4. The lowest BCUT2D eigenvalue weighted by Crippen LogP contribution is -2.37. The molecular weight excluding hydrogens is 276 g/mol. The molecule has 3 rings (SSSR count). The molecule has 1 unspecified atom stereocenters. The summed E-state index contributed by atoms with van der Waals surface area (Å²) in [5.41, 5.74) is 3.23. The van der Waals surface area contributed by atoms with Crippen LogP contribution in [0.2, 0.25) is 0 Å². The van der Waals surface area contributed by atoms with E-state index in [-0.39, 0.29) is 17.7 Å². The van der Waals surface area contributed by atoms with Crippen molar-refractivity contribution in [1.82, 2.24) is 5.32 Å². The molecule has 1 aromatic carbocycles. The zero-order chi connectivity index (χ0) is 15.7. The van der Waals surface area contributed by atoms with Gasteiger partial charge in [0.25, 0.3) is 0 Å². The molecule has 1 saturated carbocycles. The Morgan fingerprint density at radius 2 is 2.09 bits per heavy atom. The smallest absolute Gasteiger partial charge is 0.227 e. The summed E-state index contributed by atoms with van der Waals surface area (Å²) in [7, 11) is 0. The molecule has 0 bridgehead atoms. The van der Waals surface area contributed by atoms with Crippen molar-refractivity contribution in [3.8, 4) is 0 Å². The predicted octanol–water partition coefficient (Wildman–Crippen LogP) is 2.57. The first kappa shape index (κ1) is 15.1. The van der Waals surface area contributed by atoms with Gasteiger partial charge >= 0.3 is 0 Å². The van der Waals surface area contributed by atoms with Gasteiger partial charge in [-0.3, -0.25) is 9.59 Å². The minimum atomic E-state index is -0.215. The molecule has 0 spiro atoms. The van der Waals surface area contributed by atoms with Crippen LogP contribution in [0, 0.1) is 25.7 Å². The molecule has 2 fully saturated rings. The first-order valence-corrected chi connectivity index (χ1v) is 8.20. The zero-order valence-electron chi connectivity index (χ0n) is 13.4. The number of aryl methyl sites for hydroxylation is 1. The van der Waals surface area contributed by atoms with Gasteiger partial charge in [0.15, 0.2) is 0 Å². The van der Waals surface area contributed by atoms with E-state index >= 15 is 0 Å². The van der Waals surface area contributed by atoms with Crippen LogP contribution in [0.4, 0.5) is 5.69 Å². The lowest BCUT2D eigenvalue weighted by atomic mass is 9.85. The minimum Gasteiger partial charge on any atom is -0.356 e. The van der Waals surface area contributed by atoms with E-state index in [4.69, 9.17) is 0 Å². The van der Waals surface area contributed by atoms with Crippen LogP contribution in [0.25, 0.3) is 0 Å². The van der Waals surface area contributed by atoms with E-state index in [0.29, 0.717) is 18.9 Å². The van der Waals surface area contributed by atoms with Gasteiger partial charge in [0.2, 0.25) is 11.8 Å². The van der Waals surface area contributed by atoms with E-state index in [1.807, 2.05) is 32.0 Å². The Morgan fingerprint density at radius 1 is 1.32 bits per heavy atom. The average molecular weight is 300 g/mol. The van der Waals surface area contributed by atoms with E-state index in [1.54, 1.807) is 4.90 Å². The minimum absolute atomic E-state index is 0.0352. The Labute approximate surface area is 131 Å². The van der Waals surface area contributed by atoms with Gasteiger partial charge in [-0.1, -0.05) is 18.6 Å². The first-order chi connectivity index (χ1) is 10.6. The summed E-state index contributed by atoms with van der Waals surface area (Å²) in [5.74, 6) is 0.522. The molecule has 0 radical (unpaired) electrons. The van der Waals surface area contributed by atoms with Crippen LogP contribution in [-0.2, 0) is 9.59 Å². The number of anilines is 1. The molecule has 2 aliphatic rings. The molecule has 4 nitrogen and oxygen atoms in total. The first-order valence-electron chi connectivity index (χ1n) is 8.20. The number of hydrogen-bond acceptors (Lipinski definition) is 2. The summed E-state index contributed by atoms with van der Waals surface area (Å²) in [6, 6.07) is 5.98. The summed E-state index contributed by atoms with van der Waals surface area (Å²) < 4.78 is 0. The molecule has 1 N–H and O–H groups in total. The van der Waals surface area contributed by atoms with Crippen molar-refractivity contribution in [1.29, 1.82) is 0 Å².